The van der Waals surface area contributed by atoms with E-state index in [0.717, 1.165) is 50.4 Å². The number of allylic oxidation sites excluding steroid dienone is 2. The molecule has 0 spiro atoms. The molecule has 6 unspecified atom stereocenters. The summed E-state index contributed by atoms with van der Waals surface area (Å²) in [6, 6.07) is 0. The van der Waals surface area contributed by atoms with Crippen LogP contribution in [0.25, 0.3) is 0 Å². The summed E-state index contributed by atoms with van der Waals surface area (Å²) >= 11 is 0. The number of hydrogen-bond acceptors (Lipinski definition) is 8. The fourth-order valence-corrected chi connectivity index (χ4v) is 10.0. The zero-order chi connectivity index (χ0) is 31.8. The van der Waals surface area contributed by atoms with Crippen LogP contribution in [0.15, 0.2) is 41.1 Å². The molecule has 0 saturated heterocycles. The van der Waals surface area contributed by atoms with Crippen LogP contribution in [0.4, 0.5) is 0 Å². The van der Waals surface area contributed by atoms with E-state index in [1.807, 2.05) is 6.08 Å². The standard InChI is InChI=1S/C37H53NO7/c1-23(38-45-27-9-7-6-8-10-27)30-13-14-31-29-12-11-26-21-28(17-19-36(26,4)32(29)18-20-37(30,31)5)43-35-16-15-33(42-25(3)40)34(44-35)22-41-24(2)39/h7,9,11,15-16,27-35H,6,8,10,12-14,17-22H2,1-5H3/b38-23+/t27?,28?,29?,30-,31?,32?,33+,34-,35?,36+,37-/m1/s1. The highest BCUT2D eigenvalue weighted by molar-refractivity contribution is 5.85. The Morgan fingerprint density at radius 1 is 0.978 bits per heavy atom. The third-order valence-corrected chi connectivity index (χ3v) is 12.3. The molecule has 0 amide bonds. The number of hydrogen-bond donors (Lipinski definition) is 0. The fraction of sp³-hybridized carbons (Fsp3) is 0.757. The van der Waals surface area contributed by atoms with E-state index in [1.165, 1.54) is 51.7 Å². The van der Waals surface area contributed by atoms with Gasteiger partial charge in [-0.3, -0.25) is 9.59 Å². The van der Waals surface area contributed by atoms with Gasteiger partial charge in [0, 0.05) is 19.8 Å². The second-order valence-corrected chi connectivity index (χ2v) is 15.0. The van der Waals surface area contributed by atoms with Crippen molar-refractivity contribution in [2.24, 2.45) is 39.7 Å². The summed E-state index contributed by atoms with van der Waals surface area (Å²) in [5.41, 5.74) is 3.25. The summed E-state index contributed by atoms with van der Waals surface area (Å²) in [4.78, 5) is 29.0. The van der Waals surface area contributed by atoms with Crippen LogP contribution in [0.5, 0.6) is 0 Å². The number of carbonyl (C=O) groups excluding carboxylic acids is 2. The van der Waals surface area contributed by atoms with Crippen molar-refractivity contribution in [2.75, 3.05) is 6.61 Å². The number of oxime groups is 1. The van der Waals surface area contributed by atoms with Crippen LogP contribution in [0, 0.1) is 34.5 Å². The molecule has 1 aliphatic heterocycles. The number of carbonyl (C=O) groups is 2. The predicted octanol–water partition coefficient (Wildman–Crippen LogP) is 7.23. The van der Waals surface area contributed by atoms with Gasteiger partial charge in [0.15, 0.2) is 6.29 Å². The molecular formula is C37H53NO7. The first-order chi connectivity index (χ1) is 21.6. The van der Waals surface area contributed by atoms with Crippen LogP contribution in [-0.2, 0) is 33.4 Å². The summed E-state index contributed by atoms with van der Waals surface area (Å²) in [5.74, 6) is 1.86. The molecular weight excluding hydrogens is 570 g/mol. The number of ether oxygens (including phenoxy) is 4. The van der Waals surface area contributed by atoms with Crippen molar-refractivity contribution < 1.29 is 33.4 Å². The van der Waals surface area contributed by atoms with Crippen LogP contribution in [0.3, 0.4) is 0 Å². The SMILES string of the molecule is CC(=O)OC[C@H]1OC(OC2CC[C@@]3(C)C(=CCC4C3CC[C@@]3(C)C4CC[C@@H]3/C(C)=N/OC3C=CCCC3)C2)C=C[C@@H]1OC(C)=O. The van der Waals surface area contributed by atoms with E-state index in [4.69, 9.17) is 28.9 Å². The van der Waals surface area contributed by atoms with Crippen LogP contribution < -0.4 is 0 Å². The molecule has 248 valence electrons. The lowest BCUT2D eigenvalue weighted by atomic mass is 9.47. The zero-order valence-corrected chi connectivity index (χ0v) is 27.9. The van der Waals surface area contributed by atoms with E-state index >= 15 is 0 Å². The van der Waals surface area contributed by atoms with Gasteiger partial charge in [-0.05, 0) is 124 Å². The Bertz CT molecular complexity index is 1240. The number of nitrogens with zero attached hydrogens (tertiary/aromatic N) is 1. The predicted molar refractivity (Wildman–Crippen MR) is 171 cm³/mol. The maximum Gasteiger partial charge on any atom is 0.303 e. The van der Waals surface area contributed by atoms with Crippen LogP contribution in [0.2, 0.25) is 0 Å². The van der Waals surface area contributed by atoms with Crippen molar-refractivity contribution >= 4 is 17.7 Å². The van der Waals surface area contributed by atoms with Gasteiger partial charge in [0.1, 0.15) is 24.9 Å². The Morgan fingerprint density at radius 3 is 2.58 bits per heavy atom. The number of esters is 2. The first-order valence-electron chi connectivity index (χ1n) is 17.4. The van der Waals surface area contributed by atoms with E-state index in [-0.39, 0.29) is 24.2 Å². The molecule has 45 heavy (non-hydrogen) atoms. The first kappa shape index (κ1) is 32.5. The Kier molecular flexibility index (Phi) is 9.64. The van der Waals surface area contributed by atoms with Gasteiger partial charge in [0.05, 0.1) is 11.8 Å². The summed E-state index contributed by atoms with van der Waals surface area (Å²) in [7, 11) is 0. The van der Waals surface area contributed by atoms with E-state index in [9.17, 15) is 9.59 Å². The molecule has 1 heterocycles. The summed E-state index contributed by atoms with van der Waals surface area (Å²) in [6.07, 6.45) is 21.6. The smallest absolute Gasteiger partial charge is 0.303 e. The van der Waals surface area contributed by atoms with Gasteiger partial charge < -0.3 is 23.8 Å². The molecule has 0 aromatic heterocycles. The minimum atomic E-state index is -0.613. The molecule has 3 fully saturated rings. The Morgan fingerprint density at radius 2 is 1.82 bits per heavy atom. The number of fused-ring (bicyclic) bond motifs is 5. The van der Waals surface area contributed by atoms with Gasteiger partial charge in [-0.1, -0.05) is 36.7 Å². The highest BCUT2D eigenvalue weighted by Crippen LogP contribution is 2.66. The van der Waals surface area contributed by atoms with E-state index in [0.29, 0.717) is 17.3 Å². The van der Waals surface area contributed by atoms with Crippen LogP contribution in [-0.4, -0.2) is 55.0 Å². The lowest BCUT2D eigenvalue weighted by Gasteiger charge is -2.58. The second-order valence-electron chi connectivity index (χ2n) is 15.0. The quantitative estimate of drug-likeness (QED) is 0.122. The molecule has 0 aromatic rings. The molecule has 6 aliphatic rings. The van der Waals surface area contributed by atoms with Gasteiger partial charge in [-0.2, -0.15) is 0 Å². The Labute approximate surface area is 269 Å². The monoisotopic (exact) mass is 623 g/mol. The molecule has 8 heteroatoms. The lowest BCUT2D eigenvalue weighted by molar-refractivity contribution is -0.213. The first-order valence-corrected chi connectivity index (χ1v) is 17.4. The van der Waals surface area contributed by atoms with E-state index in [2.05, 4.69) is 39.0 Å². The molecule has 8 nitrogen and oxygen atoms in total. The molecule has 0 radical (unpaired) electrons. The van der Waals surface area contributed by atoms with E-state index in [1.54, 1.807) is 11.6 Å². The van der Waals surface area contributed by atoms with Crippen molar-refractivity contribution in [2.45, 2.75) is 136 Å². The van der Waals surface area contributed by atoms with Crippen molar-refractivity contribution in [3.05, 3.63) is 36.0 Å². The van der Waals surface area contributed by atoms with Crippen molar-refractivity contribution in [3.63, 3.8) is 0 Å². The fourth-order valence-electron chi connectivity index (χ4n) is 10.0. The van der Waals surface area contributed by atoms with Gasteiger partial charge in [-0.25, -0.2) is 0 Å². The minimum Gasteiger partial charge on any atom is -0.463 e. The maximum absolute atomic E-state index is 11.6. The highest BCUT2D eigenvalue weighted by Gasteiger charge is 2.59. The average Bonchev–Trinajstić information content (AvgIpc) is 3.37. The third-order valence-electron chi connectivity index (χ3n) is 12.3. The molecule has 0 N–H and O–H groups in total. The average molecular weight is 624 g/mol. The van der Waals surface area contributed by atoms with Gasteiger partial charge in [0.2, 0.25) is 0 Å². The van der Waals surface area contributed by atoms with Gasteiger partial charge >= 0.3 is 11.9 Å². The second kappa shape index (κ2) is 13.3. The normalized spacial score (nSPS) is 42.6. The molecule has 11 atom stereocenters. The van der Waals surface area contributed by atoms with Crippen molar-refractivity contribution in [1.29, 1.82) is 0 Å². The Balaban J connectivity index is 1.09. The Hall–Kier alpha value is -2.45. The molecule has 0 aromatic carbocycles. The topological polar surface area (TPSA) is 92.7 Å². The lowest BCUT2D eigenvalue weighted by Crippen LogP contribution is -2.51. The van der Waals surface area contributed by atoms with Crippen LogP contribution >= 0.6 is 0 Å². The summed E-state index contributed by atoms with van der Waals surface area (Å²) in [5, 5.41) is 4.73. The minimum absolute atomic E-state index is 0.00560. The van der Waals surface area contributed by atoms with Crippen LogP contribution in [0.1, 0.15) is 105 Å². The molecule has 3 saturated carbocycles. The summed E-state index contributed by atoms with van der Waals surface area (Å²) in [6.45, 7) is 10.0. The highest BCUT2D eigenvalue weighted by atomic mass is 16.7. The van der Waals surface area contributed by atoms with Crippen molar-refractivity contribution in [3.8, 4) is 0 Å². The largest absolute Gasteiger partial charge is 0.463 e. The molecule has 6 rings (SSSR count). The maximum atomic E-state index is 11.6. The zero-order valence-electron chi connectivity index (χ0n) is 27.9. The van der Waals surface area contributed by atoms with Crippen molar-refractivity contribution in [1.82, 2.24) is 0 Å². The third kappa shape index (κ3) is 6.69. The molecule has 0 bridgehead atoms. The summed E-state index contributed by atoms with van der Waals surface area (Å²) < 4.78 is 23.2. The molecule has 5 aliphatic carbocycles. The number of rotatable bonds is 8. The van der Waals surface area contributed by atoms with Gasteiger partial charge in [0.25, 0.3) is 0 Å². The van der Waals surface area contributed by atoms with Gasteiger partial charge in [-0.15, -0.1) is 0 Å². The van der Waals surface area contributed by atoms with E-state index < -0.39 is 30.4 Å².